The van der Waals surface area contributed by atoms with E-state index in [1.54, 1.807) is 99.8 Å². The van der Waals surface area contributed by atoms with E-state index in [-0.39, 0.29) is 42.9 Å². The summed E-state index contributed by atoms with van der Waals surface area (Å²) >= 11 is 0. The molecule has 1 atom stereocenters. The fraction of sp³-hybridized carbons (Fsp3) is 0.286. The largest absolute Gasteiger partial charge is 0.444 e. The van der Waals surface area contributed by atoms with Gasteiger partial charge in [-0.15, -0.1) is 0 Å². The highest BCUT2D eigenvalue weighted by Crippen LogP contribution is 2.17. The highest BCUT2D eigenvalue weighted by atomic mass is 16.6. The SMILES string of the molecule is CC(C)(C)OC(=O)Nc1cnc(-c2ccccc2)n(CC(=O)NC(Cc2ccccc2)C(=O)C(=O)CCCn2ccccc2=O)c1=O. The summed E-state index contributed by atoms with van der Waals surface area (Å²) in [5.74, 6) is -2.06. The summed E-state index contributed by atoms with van der Waals surface area (Å²) in [6.07, 6.45) is 2.08. The average Bonchev–Trinajstić information content (AvgIpc) is 3.03. The molecule has 4 rings (SSSR count). The highest BCUT2D eigenvalue weighted by Gasteiger charge is 2.28. The molecule has 4 aromatic rings. The Balaban J connectivity index is 1.56. The number of ether oxygens (including phenoxy) is 1. The van der Waals surface area contributed by atoms with Gasteiger partial charge in [0.2, 0.25) is 23.0 Å². The normalized spacial score (nSPS) is 11.7. The number of nitrogens with zero attached hydrogens (tertiary/aromatic N) is 3. The number of amides is 2. The van der Waals surface area contributed by atoms with Crippen LogP contribution in [0.15, 0.2) is 101 Å². The van der Waals surface area contributed by atoms with Crippen molar-refractivity contribution in [2.24, 2.45) is 0 Å². The van der Waals surface area contributed by atoms with Crippen LogP contribution in [-0.4, -0.2) is 49.3 Å². The number of aromatic nitrogens is 3. The molecule has 0 aliphatic carbocycles. The fourth-order valence-corrected chi connectivity index (χ4v) is 4.77. The van der Waals surface area contributed by atoms with E-state index >= 15 is 0 Å². The third kappa shape index (κ3) is 9.92. The Morgan fingerprint density at radius 3 is 2.21 bits per heavy atom. The van der Waals surface area contributed by atoms with E-state index in [9.17, 15) is 28.8 Å². The van der Waals surface area contributed by atoms with Gasteiger partial charge in [0.25, 0.3) is 5.56 Å². The quantitative estimate of drug-likeness (QED) is 0.209. The number of aryl methyl sites for hydroxylation is 1. The van der Waals surface area contributed by atoms with Crippen LogP contribution in [0.2, 0.25) is 0 Å². The van der Waals surface area contributed by atoms with Crippen LogP contribution in [0.1, 0.15) is 39.2 Å². The summed E-state index contributed by atoms with van der Waals surface area (Å²) < 4.78 is 7.79. The lowest BCUT2D eigenvalue weighted by Crippen LogP contribution is -2.47. The molecule has 0 bridgehead atoms. The third-order valence-corrected chi connectivity index (χ3v) is 6.93. The number of benzene rings is 2. The van der Waals surface area contributed by atoms with Crippen LogP contribution >= 0.6 is 0 Å². The second-order valence-corrected chi connectivity index (χ2v) is 11.8. The van der Waals surface area contributed by atoms with Gasteiger partial charge in [0.05, 0.1) is 12.2 Å². The van der Waals surface area contributed by atoms with Gasteiger partial charge in [0, 0.05) is 37.2 Å². The number of hydrogen-bond donors (Lipinski definition) is 2. The van der Waals surface area contributed by atoms with Gasteiger partial charge in [0.15, 0.2) is 0 Å². The monoisotopic (exact) mass is 639 g/mol. The number of nitrogens with one attached hydrogen (secondary N) is 2. The van der Waals surface area contributed by atoms with Gasteiger partial charge < -0.3 is 14.6 Å². The Morgan fingerprint density at radius 1 is 0.894 bits per heavy atom. The molecule has 0 aliphatic rings. The van der Waals surface area contributed by atoms with Crippen molar-refractivity contribution in [2.45, 2.75) is 64.8 Å². The lowest BCUT2D eigenvalue weighted by atomic mass is 9.98. The zero-order chi connectivity index (χ0) is 34.0. The molecule has 244 valence electrons. The zero-order valence-corrected chi connectivity index (χ0v) is 26.5. The number of pyridine rings is 1. The molecule has 0 saturated heterocycles. The minimum absolute atomic E-state index is 0.0359. The predicted octanol–water partition coefficient (Wildman–Crippen LogP) is 3.77. The van der Waals surface area contributed by atoms with Crippen molar-refractivity contribution >= 4 is 29.3 Å². The molecule has 0 spiro atoms. The Morgan fingerprint density at radius 2 is 1.55 bits per heavy atom. The zero-order valence-electron chi connectivity index (χ0n) is 26.5. The molecular weight excluding hydrogens is 602 g/mol. The minimum atomic E-state index is -1.22. The van der Waals surface area contributed by atoms with E-state index in [0.717, 1.165) is 4.57 Å². The molecule has 0 aliphatic heterocycles. The summed E-state index contributed by atoms with van der Waals surface area (Å²) in [4.78, 5) is 82.3. The molecule has 12 nitrogen and oxygen atoms in total. The van der Waals surface area contributed by atoms with Crippen LogP contribution in [-0.2, 0) is 38.6 Å². The maximum absolute atomic E-state index is 13.6. The number of Topliss-reactive ketones (excluding diaryl/α,β-unsaturated/α-hetero) is 2. The van der Waals surface area contributed by atoms with E-state index in [1.165, 1.54) is 16.8 Å². The van der Waals surface area contributed by atoms with E-state index in [0.29, 0.717) is 11.1 Å². The Labute approximate surface area is 271 Å². The second kappa shape index (κ2) is 15.6. The van der Waals surface area contributed by atoms with Crippen LogP contribution < -0.4 is 21.8 Å². The van der Waals surface area contributed by atoms with Crippen molar-refractivity contribution in [3.8, 4) is 11.4 Å². The molecule has 2 N–H and O–H groups in total. The number of rotatable bonds is 13. The Kier molecular flexibility index (Phi) is 11.3. The fourth-order valence-electron chi connectivity index (χ4n) is 4.77. The van der Waals surface area contributed by atoms with E-state index in [2.05, 4.69) is 15.6 Å². The van der Waals surface area contributed by atoms with Crippen molar-refractivity contribution in [2.75, 3.05) is 5.32 Å². The highest BCUT2D eigenvalue weighted by molar-refractivity contribution is 6.39. The van der Waals surface area contributed by atoms with Crippen LogP contribution in [0.4, 0.5) is 10.5 Å². The average molecular weight is 640 g/mol. The molecule has 47 heavy (non-hydrogen) atoms. The molecule has 2 heterocycles. The molecule has 2 amide bonds. The van der Waals surface area contributed by atoms with Gasteiger partial charge in [0.1, 0.15) is 23.7 Å². The summed E-state index contributed by atoms with van der Waals surface area (Å²) in [6, 6.07) is 21.1. The number of anilines is 1. The number of carbonyl (C=O) groups is 4. The molecule has 0 radical (unpaired) electrons. The van der Waals surface area contributed by atoms with Crippen LogP contribution in [0.5, 0.6) is 0 Å². The third-order valence-electron chi connectivity index (χ3n) is 6.93. The number of hydrogen-bond acceptors (Lipinski definition) is 8. The van der Waals surface area contributed by atoms with Gasteiger partial charge in [-0.25, -0.2) is 9.78 Å². The lowest BCUT2D eigenvalue weighted by Gasteiger charge is -2.20. The summed E-state index contributed by atoms with van der Waals surface area (Å²) in [7, 11) is 0. The molecule has 1 unspecified atom stereocenters. The first-order valence-electron chi connectivity index (χ1n) is 15.1. The standard InChI is InChI=1S/C35H37N5O7/c1-35(2,3)47-34(46)38-27-22-36-32(25-15-8-5-9-16-25)40(33(27)45)23-29(42)37-26(21-24-13-6-4-7-14-24)31(44)28(41)17-12-20-39-19-11-10-18-30(39)43/h4-11,13-16,18-19,22,26H,12,17,20-21,23H2,1-3H3,(H,37,42)(H,38,46). The van der Waals surface area contributed by atoms with E-state index in [4.69, 9.17) is 4.74 Å². The maximum atomic E-state index is 13.6. The van der Waals surface area contributed by atoms with Gasteiger partial charge >= 0.3 is 6.09 Å². The number of ketones is 2. The summed E-state index contributed by atoms with van der Waals surface area (Å²) in [5.41, 5.74) is -0.731. The topological polar surface area (TPSA) is 158 Å². The van der Waals surface area contributed by atoms with E-state index in [1.807, 2.05) is 0 Å². The van der Waals surface area contributed by atoms with Crippen molar-refractivity contribution in [3.05, 3.63) is 118 Å². The molecule has 2 aromatic carbocycles. The lowest BCUT2D eigenvalue weighted by molar-refractivity contribution is -0.139. The van der Waals surface area contributed by atoms with Crippen LogP contribution in [0.25, 0.3) is 11.4 Å². The molecular formula is C35H37N5O7. The Bertz CT molecular complexity index is 1840. The van der Waals surface area contributed by atoms with Crippen molar-refractivity contribution in [1.82, 2.24) is 19.4 Å². The minimum Gasteiger partial charge on any atom is -0.444 e. The van der Waals surface area contributed by atoms with Crippen molar-refractivity contribution in [1.29, 1.82) is 0 Å². The summed E-state index contributed by atoms with van der Waals surface area (Å²) in [6.45, 7) is 4.71. The van der Waals surface area contributed by atoms with Gasteiger partial charge in [-0.1, -0.05) is 66.7 Å². The smallest absolute Gasteiger partial charge is 0.412 e. The van der Waals surface area contributed by atoms with Crippen LogP contribution in [0.3, 0.4) is 0 Å². The molecule has 12 heteroatoms. The van der Waals surface area contributed by atoms with Crippen LogP contribution in [0, 0.1) is 0 Å². The molecule has 2 aromatic heterocycles. The van der Waals surface area contributed by atoms with Crippen molar-refractivity contribution < 1.29 is 23.9 Å². The van der Waals surface area contributed by atoms with Gasteiger partial charge in [-0.05, 0) is 38.8 Å². The Hall–Kier alpha value is -5.65. The predicted molar refractivity (Wildman–Crippen MR) is 176 cm³/mol. The van der Waals surface area contributed by atoms with E-state index < -0.39 is 47.3 Å². The first kappa shape index (κ1) is 34.2. The second-order valence-electron chi connectivity index (χ2n) is 11.8. The first-order chi connectivity index (χ1) is 22.4. The molecule has 0 fully saturated rings. The van der Waals surface area contributed by atoms with Gasteiger partial charge in [-0.2, -0.15) is 0 Å². The molecule has 0 saturated carbocycles. The van der Waals surface area contributed by atoms with Gasteiger partial charge in [-0.3, -0.25) is 33.9 Å². The first-order valence-corrected chi connectivity index (χ1v) is 15.1. The number of carbonyl (C=O) groups excluding carboxylic acids is 4. The maximum Gasteiger partial charge on any atom is 0.412 e. The summed E-state index contributed by atoms with van der Waals surface area (Å²) in [5, 5.41) is 5.04. The van der Waals surface area contributed by atoms with Crippen molar-refractivity contribution in [3.63, 3.8) is 0 Å².